The van der Waals surface area contributed by atoms with Gasteiger partial charge in [-0.2, -0.15) is 8.42 Å². The minimum Gasteiger partial charge on any atom is -0.381 e. The van der Waals surface area contributed by atoms with Gasteiger partial charge in [0.1, 0.15) is 11.6 Å². The highest BCUT2D eigenvalue weighted by molar-refractivity contribution is 7.86. The largest absolute Gasteiger partial charge is 0.381 e. The van der Waals surface area contributed by atoms with Crippen molar-refractivity contribution in [3.05, 3.63) is 34.4 Å². The molecule has 1 saturated carbocycles. The lowest BCUT2D eigenvalue weighted by molar-refractivity contribution is 0.0699. The van der Waals surface area contributed by atoms with Crippen LogP contribution in [0.15, 0.2) is 24.4 Å². The highest BCUT2D eigenvalue weighted by Crippen LogP contribution is 2.34. The summed E-state index contributed by atoms with van der Waals surface area (Å²) >= 11 is 13.0. The molecule has 8 nitrogen and oxygen atoms in total. The molecule has 0 radical (unpaired) electrons. The molecule has 11 heteroatoms. The molecular weight excluding hydrogens is 499 g/mol. The average Bonchev–Trinajstić information content (AvgIpc) is 2.81. The maximum atomic E-state index is 11.4. The molecule has 2 aliphatic rings. The fourth-order valence-corrected chi connectivity index (χ4v) is 5.47. The van der Waals surface area contributed by atoms with Gasteiger partial charge in [-0.05, 0) is 62.6 Å². The number of pyridine rings is 2. The molecule has 0 spiro atoms. The van der Waals surface area contributed by atoms with Crippen molar-refractivity contribution < 1.29 is 17.3 Å². The first-order chi connectivity index (χ1) is 16.3. The zero-order valence-electron chi connectivity index (χ0n) is 19.1. The second-order valence-electron chi connectivity index (χ2n) is 8.93. The highest BCUT2D eigenvalue weighted by atomic mass is 35.5. The van der Waals surface area contributed by atoms with E-state index in [-0.39, 0.29) is 12.1 Å². The molecule has 2 fully saturated rings. The van der Waals surface area contributed by atoms with Crippen molar-refractivity contribution in [3.8, 4) is 11.3 Å². The van der Waals surface area contributed by atoms with Crippen LogP contribution >= 0.6 is 23.2 Å². The van der Waals surface area contributed by atoms with Crippen molar-refractivity contribution in [1.82, 2.24) is 9.97 Å². The summed E-state index contributed by atoms with van der Waals surface area (Å²) in [5.41, 5.74) is 1.30. The Morgan fingerprint density at radius 1 is 1.06 bits per heavy atom. The minimum atomic E-state index is -3.44. The third kappa shape index (κ3) is 7.18. The lowest BCUT2D eigenvalue weighted by Crippen LogP contribution is -2.31. The molecular formula is C23H30Cl2N4O4S. The van der Waals surface area contributed by atoms with Crippen LogP contribution in [0.3, 0.4) is 0 Å². The predicted octanol–water partition coefficient (Wildman–Crippen LogP) is 4.99. The number of hydrogen-bond donors (Lipinski definition) is 2. The Morgan fingerprint density at radius 3 is 2.50 bits per heavy atom. The van der Waals surface area contributed by atoms with E-state index in [0.29, 0.717) is 45.9 Å². The molecule has 1 saturated heterocycles. The fourth-order valence-electron chi connectivity index (χ4n) is 4.39. The van der Waals surface area contributed by atoms with Gasteiger partial charge in [0, 0.05) is 37.6 Å². The molecule has 2 N–H and O–H groups in total. The average molecular weight is 529 g/mol. The standard InChI is InChI=1S/C23H30Cl2N4O4S/c1-34(30,31)33-17-4-2-16(3-5-17)28-22-12-18(20(25)14-27-22)23-19(24)6-7-21(29-23)26-13-15-8-10-32-11-9-15/h6-7,12,14-17H,2-5,8-11,13H2,1H3,(H,26,29)(H,27,28). The summed E-state index contributed by atoms with van der Waals surface area (Å²) in [6.07, 6.45) is 7.40. The van der Waals surface area contributed by atoms with Gasteiger partial charge in [0.05, 0.1) is 28.1 Å². The fraction of sp³-hybridized carbons (Fsp3) is 0.565. The second-order valence-corrected chi connectivity index (χ2v) is 11.3. The highest BCUT2D eigenvalue weighted by Gasteiger charge is 2.25. The Morgan fingerprint density at radius 2 is 1.79 bits per heavy atom. The Balaban J connectivity index is 1.42. The monoisotopic (exact) mass is 528 g/mol. The van der Waals surface area contributed by atoms with Crippen molar-refractivity contribution in [2.45, 2.75) is 50.7 Å². The van der Waals surface area contributed by atoms with Gasteiger partial charge in [0.25, 0.3) is 10.1 Å². The van der Waals surface area contributed by atoms with Crippen molar-refractivity contribution in [2.75, 3.05) is 36.6 Å². The summed E-state index contributed by atoms with van der Waals surface area (Å²) in [6.45, 7) is 2.45. The van der Waals surface area contributed by atoms with Gasteiger partial charge in [0.15, 0.2) is 0 Å². The first-order valence-corrected chi connectivity index (χ1v) is 14.1. The zero-order chi connectivity index (χ0) is 24.1. The normalized spacial score (nSPS) is 21.9. The Kier molecular flexibility index (Phi) is 8.52. The van der Waals surface area contributed by atoms with E-state index in [1.54, 1.807) is 6.20 Å². The third-order valence-corrected chi connectivity index (χ3v) is 7.43. The van der Waals surface area contributed by atoms with E-state index in [2.05, 4.69) is 15.6 Å². The van der Waals surface area contributed by atoms with Crippen molar-refractivity contribution >= 4 is 45.0 Å². The zero-order valence-corrected chi connectivity index (χ0v) is 21.4. The molecule has 0 amide bonds. The molecule has 2 aromatic heterocycles. The molecule has 4 rings (SSSR count). The summed E-state index contributed by atoms with van der Waals surface area (Å²) in [7, 11) is -3.44. The molecule has 34 heavy (non-hydrogen) atoms. The first-order valence-electron chi connectivity index (χ1n) is 11.6. The van der Waals surface area contributed by atoms with Crippen LogP contribution in [-0.4, -0.2) is 56.5 Å². The van der Waals surface area contributed by atoms with Gasteiger partial charge in [-0.3, -0.25) is 4.18 Å². The van der Waals surface area contributed by atoms with E-state index in [1.807, 2.05) is 18.2 Å². The topological polar surface area (TPSA) is 102 Å². The molecule has 3 heterocycles. The maximum Gasteiger partial charge on any atom is 0.264 e. The van der Waals surface area contributed by atoms with Crippen LogP contribution in [0.5, 0.6) is 0 Å². The Labute approximate surface area is 210 Å². The Bertz CT molecular complexity index is 1090. The van der Waals surface area contributed by atoms with Crippen LogP contribution in [0, 0.1) is 5.92 Å². The summed E-state index contributed by atoms with van der Waals surface area (Å²) < 4.78 is 33.3. The SMILES string of the molecule is CS(=O)(=O)OC1CCC(Nc2cc(-c3nc(NCC4CCOCC4)ccc3Cl)c(Cl)cn2)CC1. The quantitative estimate of drug-likeness (QED) is 0.462. The van der Waals surface area contributed by atoms with Crippen molar-refractivity contribution in [3.63, 3.8) is 0 Å². The van der Waals surface area contributed by atoms with E-state index >= 15 is 0 Å². The first kappa shape index (κ1) is 25.4. The summed E-state index contributed by atoms with van der Waals surface area (Å²) in [4.78, 5) is 9.15. The molecule has 0 aromatic carbocycles. The van der Waals surface area contributed by atoms with Crippen LogP contribution in [0.2, 0.25) is 10.0 Å². The number of halogens is 2. The van der Waals surface area contributed by atoms with Gasteiger partial charge in [0.2, 0.25) is 0 Å². The number of hydrogen-bond acceptors (Lipinski definition) is 8. The summed E-state index contributed by atoms with van der Waals surface area (Å²) in [6, 6.07) is 5.72. The lowest BCUT2D eigenvalue weighted by Gasteiger charge is -2.28. The number of nitrogens with zero attached hydrogens (tertiary/aromatic N) is 2. The van der Waals surface area contributed by atoms with E-state index in [4.69, 9.17) is 37.1 Å². The van der Waals surface area contributed by atoms with E-state index < -0.39 is 10.1 Å². The number of rotatable bonds is 8. The molecule has 1 aliphatic carbocycles. The minimum absolute atomic E-state index is 0.164. The van der Waals surface area contributed by atoms with Gasteiger partial charge in [-0.25, -0.2) is 9.97 Å². The van der Waals surface area contributed by atoms with E-state index in [1.165, 1.54) is 0 Å². The summed E-state index contributed by atoms with van der Waals surface area (Å²) in [5, 5.41) is 7.82. The van der Waals surface area contributed by atoms with Crippen LogP contribution < -0.4 is 10.6 Å². The second kappa shape index (κ2) is 11.4. The Hall–Kier alpha value is -1.65. The van der Waals surface area contributed by atoms with E-state index in [9.17, 15) is 8.42 Å². The van der Waals surface area contributed by atoms with Gasteiger partial charge >= 0.3 is 0 Å². The van der Waals surface area contributed by atoms with Gasteiger partial charge in [-0.15, -0.1) is 0 Å². The number of nitrogens with one attached hydrogen (secondary N) is 2. The molecule has 0 bridgehead atoms. The van der Waals surface area contributed by atoms with Gasteiger partial charge in [-0.1, -0.05) is 23.2 Å². The van der Waals surface area contributed by atoms with Crippen LogP contribution in [-0.2, 0) is 19.0 Å². The van der Waals surface area contributed by atoms with Gasteiger partial charge < -0.3 is 15.4 Å². The molecule has 2 aromatic rings. The molecule has 186 valence electrons. The molecule has 0 unspecified atom stereocenters. The van der Waals surface area contributed by atoms with Crippen molar-refractivity contribution in [2.24, 2.45) is 5.92 Å². The number of aromatic nitrogens is 2. The van der Waals surface area contributed by atoms with E-state index in [0.717, 1.165) is 57.5 Å². The van der Waals surface area contributed by atoms with Crippen LogP contribution in [0.4, 0.5) is 11.6 Å². The predicted molar refractivity (Wildman–Crippen MR) is 135 cm³/mol. The third-order valence-electron chi connectivity index (χ3n) is 6.21. The smallest absolute Gasteiger partial charge is 0.264 e. The lowest BCUT2D eigenvalue weighted by atomic mass is 9.93. The number of anilines is 2. The molecule has 1 aliphatic heterocycles. The van der Waals surface area contributed by atoms with Crippen LogP contribution in [0.1, 0.15) is 38.5 Å². The molecule has 0 atom stereocenters. The maximum absolute atomic E-state index is 11.4. The van der Waals surface area contributed by atoms with Crippen molar-refractivity contribution in [1.29, 1.82) is 0 Å². The number of ether oxygens (including phenoxy) is 1. The summed E-state index contributed by atoms with van der Waals surface area (Å²) in [5.74, 6) is 1.98. The van der Waals surface area contributed by atoms with Crippen LogP contribution in [0.25, 0.3) is 11.3 Å².